The average molecular weight is 332 g/mol. The molecule has 0 bridgehead atoms. The Labute approximate surface area is 147 Å². The van der Waals surface area contributed by atoms with E-state index in [2.05, 4.69) is 39.7 Å². The van der Waals surface area contributed by atoms with Gasteiger partial charge in [-0.1, -0.05) is 31.2 Å². The maximum absolute atomic E-state index is 12.4. The number of anilines is 3. The van der Waals surface area contributed by atoms with Crippen LogP contribution in [-0.4, -0.2) is 15.9 Å². The number of hydrogen-bond donors (Lipinski definition) is 2. The fourth-order valence-electron chi connectivity index (χ4n) is 2.42. The van der Waals surface area contributed by atoms with Gasteiger partial charge in [-0.05, 0) is 54.8 Å². The van der Waals surface area contributed by atoms with Crippen LogP contribution >= 0.6 is 0 Å². The zero-order valence-electron chi connectivity index (χ0n) is 14.3. The van der Waals surface area contributed by atoms with Crippen LogP contribution in [0.25, 0.3) is 0 Å². The molecule has 3 aromatic rings. The number of hydrogen-bond acceptors (Lipinski definition) is 4. The number of aromatic nitrogens is 2. The van der Waals surface area contributed by atoms with Crippen molar-refractivity contribution in [3.63, 3.8) is 0 Å². The van der Waals surface area contributed by atoms with Crippen LogP contribution in [0.2, 0.25) is 0 Å². The van der Waals surface area contributed by atoms with Crippen LogP contribution < -0.4 is 10.6 Å². The Bertz CT molecular complexity index is 875. The molecule has 3 rings (SSSR count). The molecule has 0 aliphatic rings. The van der Waals surface area contributed by atoms with E-state index in [-0.39, 0.29) is 5.91 Å². The van der Waals surface area contributed by atoms with E-state index < -0.39 is 0 Å². The molecule has 2 N–H and O–H groups in total. The Hall–Kier alpha value is -3.21. The van der Waals surface area contributed by atoms with Gasteiger partial charge >= 0.3 is 0 Å². The van der Waals surface area contributed by atoms with Crippen LogP contribution in [-0.2, 0) is 6.42 Å². The molecule has 0 radical (unpaired) electrons. The summed E-state index contributed by atoms with van der Waals surface area (Å²) in [6.45, 7) is 4.09. The minimum Gasteiger partial charge on any atom is -0.324 e. The van der Waals surface area contributed by atoms with Crippen molar-refractivity contribution in [2.45, 2.75) is 20.3 Å². The van der Waals surface area contributed by atoms with Gasteiger partial charge in [0.05, 0.1) is 0 Å². The van der Waals surface area contributed by atoms with E-state index >= 15 is 0 Å². The van der Waals surface area contributed by atoms with Crippen LogP contribution in [0.4, 0.5) is 17.3 Å². The number of carbonyl (C=O) groups is 1. The highest BCUT2D eigenvalue weighted by Crippen LogP contribution is 2.15. The number of amides is 1. The lowest BCUT2D eigenvalue weighted by Crippen LogP contribution is -2.14. The standard InChI is InChI=1S/C20H20N4O/c1-3-15-7-9-16(10-8-15)23-20-21-12-11-18(24-20)19(25)22-17-6-4-5-14(2)13-17/h4-13H,3H2,1-2H3,(H,22,25)(H,21,23,24). The van der Waals surface area contributed by atoms with Gasteiger partial charge in [-0.25, -0.2) is 9.97 Å². The summed E-state index contributed by atoms with van der Waals surface area (Å²) in [6.07, 6.45) is 2.56. The van der Waals surface area contributed by atoms with Gasteiger partial charge in [0.2, 0.25) is 5.95 Å². The fourth-order valence-corrected chi connectivity index (χ4v) is 2.42. The second-order valence-corrected chi connectivity index (χ2v) is 5.76. The normalized spacial score (nSPS) is 10.3. The van der Waals surface area contributed by atoms with Crippen molar-refractivity contribution in [1.29, 1.82) is 0 Å². The molecular weight excluding hydrogens is 312 g/mol. The second kappa shape index (κ2) is 7.57. The van der Waals surface area contributed by atoms with Crippen molar-refractivity contribution < 1.29 is 4.79 Å². The monoisotopic (exact) mass is 332 g/mol. The molecule has 0 saturated carbocycles. The maximum Gasteiger partial charge on any atom is 0.274 e. The summed E-state index contributed by atoms with van der Waals surface area (Å²) >= 11 is 0. The Morgan fingerprint density at radius 2 is 1.84 bits per heavy atom. The molecule has 5 nitrogen and oxygen atoms in total. The molecule has 0 aliphatic heterocycles. The van der Waals surface area contributed by atoms with E-state index in [9.17, 15) is 4.79 Å². The molecule has 5 heteroatoms. The van der Waals surface area contributed by atoms with Crippen molar-refractivity contribution in [2.24, 2.45) is 0 Å². The third-order valence-corrected chi connectivity index (χ3v) is 3.78. The minimum atomic E-state index is -0.266. The Balaban J connectivity index is 1.72. The Morgan fingerprint density at radius 3 is 2.56 bits per heavy atom. The third kappa shape index (κ3) is 4.41. The minimum absolute atomic E-state index is 0.266. The predicted octanol–water partition coefficient (Wildman–Crippen LogP) is 4.34. The quantitative estimate of drug-likeness (QED) is 0.729. The second-order valence-electron chi connectivity index (χ2n) is 5.76. The van der Waals surface area contributed by atoms with Crippen molar-refractivity contribution in [1.82, 2.24) is 9.97 Å². The highest BCUT2D eigenvalue weighted by atomic mass is 16.1. The first-order chi connectivity index (χ1) is 12.1. The van der Waals surface area contributed by atoms with E-state index in [4.69, 9.17) is 0 Å². The molecule has 0 fully saturated rings. The average Bonchev–Trinajstić information content (AvgIpc) is 2.62. The predicted molar refractivity (Wildman–Crippen MR) is 100 cm³/mol. The molecule has 0 aliphatic carbocycles. The number of aryl methyl sites for hydroxylation is 2. The highest BCUT2D eigenvalue weighted by Gasteiger charge is 2.09. The molecule has 126 valence electrons. The Morgan fingerprint density at radius 1 is 1.04 bits per heavy atom. The molecule has 25 heavy (non-hydrogen) atoms. The first kappa shape index (κ1) is 16.6. The summed E-state index contributed by atoms with van der Waals surface area (Å²) < 4.78 is 0. The summed E-state index contributed by atoms with van der Waals surface area (Å²) in [7, 11) is 0. The van der Waals surface area contributed by atoms with Gasteiger partial charge in [0.15, 0.2) is 0 Å². The van der Waals surface area contributed by atoms with Gasteiger partial charge < -0.3 is 10.6 Å². The SMILES string of the molecule is CCc1ccc(Nc2nccc(C(=O)Nc3cccc(C)c3)n2)cc1. The summed E-state index contributed by atoms with van der Waals surface area (Å²) in [5, 5.41) is 5.97. The smallest absolute Gasteiger partial charge is 0.274 e. The van der Waals surface area contributed by atoms with Gasteiger partial charge in [-0.2, -0.15) is 0 Å². The molecular formula is C20H20N4O. The lowest BCUT2D eigenvalue weighted by molar-refractivity contribution is 0.102. The van der Waals surface area contributed by atoms with Crippen molar-refractivity contribution in [2.75, 3.05) is 10.6 Å². The van der Waals surface area contributed by atoms with Crippen molar-refractivity contribution >= 4 is 23.2 Å². The molecule has 0 saturated heterocycles. The molecule has 1 heterocycles. The first-order valence-electron chi connectivity index (χ1n) is 8.21. The topological polar surface area (TPSA) is 66.9 Å². The fraction of sp³-hybridized carbons (Fsp3) is 0.150. The van der Waals surface area contributed by atoms with E-state index in [0.717, 1.165) is 23.4 Å². The molecule has 0 unspecified atom stereocenters. The van der Waals surface area contributed by atoms with Crippen LogP contribution in [0.5, 0.6) is 0 Å². The van der Waals surface area contributed by atoms with Gasteiger partial charge in [0.1, 0.15) is 5.69 Å². The zero-order valence-corrected chi connectivity index (χ0v) is 14.3. The molecule has 0 atom stereocenters. The first-order valence-corrected chi connectivity index (χ1v) is 8.21. The van der Waals surface area contributed by atoms with E-state index in [1.807, 2.05) is 43.3 Å². The summed E-state index contributed by atoms with van der Waals surface area (Å²) in [4.78, 5) is 20.9. The molecule has 1 amide bonds. The summed E-state index contributed by atoms with van der Waals surface area (Å²) in [5.74, 6) is 0.124. The number of carbonyl (C=O) groups excluding carboxylic acids is 1. The molecule has 1 aromatic heterocycles. The maximum atomic E-state index is 12.4. The number of benzene rings is 2. The van der Waals surface area contributed by atoms with Crippen LogP contribution in [0.15, 0.2) is 60.8 Å². The highest BCUT2D eigenvalue weighted by molar-refractivity contribution is 6.03. The summed E-state index contributed by atoms with van der Waals surface area (Å²) in [5.41, 5.74) is 4.28. The lowest BCUT2D eigenvalue weighted by Gasteiger charge is -2.08. The van der Waals surface area contributed by atoms with Gasteiger partial charge in [0.25, 0.3) is 5.91 Å². The van der Waals surface area contributed by atoms with Crippen molar-refractivity contribution in [3.8, 4) is 0 Å². The van der Waals surface area contributed by atoms with Crippen LogP contribution in [0.3, 0.4) is 0 Å². The van der Waals surface area contributed by atoms with Gasteiger partial charge in [-0.15, -0.1) is 0 Å². The third-order valence-electron chi connectivity index (χ3n) is 3.78. The van der Waals surface area contributed by atoms with Crippen LogP contribution in [0, 0.1) is 6.92 Å². The number of rotatable bonds is 5. The van der Waals surface area contributed by atoms with Gasteiger partial charge in [-0.3, -0.25) is 4.79 Å². The zero-order chi connectivity index (χ0) is 17.6. The largest absolute Gasteiger partial charge is 0.324 e. The Kier molecular flexibility index (Phi) is 5.04. The van der Waals surface area contributed by atoms with E-state index in [1.165, 1.54) is 5.56 Å². The lowest BCUT2D eigenvalue weighted by atomic mass is 10.1. The molecule has 2 aromatic carbocycles. The number of nitrogens with one attached hydrogen (secondary N) is 2. The number of nitrogens with zero attached hydrogens (tertiary/aromatic N) is 2. The van der Waals surface area contributed by atoms with E-state index in [0.29, 0.717) is 11.6 Å². The van der Waals surface area contributed by atoms with Gasteiger partial charge in [0, 0.05) is 17.6 Å². The molecule has 0 spiro atoms. The van der Waals surface area contributed by atoms with Crippen LogP contribution in [0.1, 0.15) is 28.5 Å². The summed E-state index contributed by atoms with van der Waals surface area (Å²) in [6, 6.07) is 17.3. The van der Waals surface area contributed by atoms with Crippen molar-refractivity contribution in [3.05, 3.63) is 77.6 Å². The van der Waals surface area contributed by atoms with E-state index in [1.54, 1.807) is 12.3 Å².